The largest absolute Gasteiger partial charge is 0.453 e. The lowest BCUT2D eigenvalue weighted by Gasteiger charge is -2.20. The third-order valence-corrected chi connectivity index (χ3v) is 7.31. The number of fused-ring (bicyclic) bond motifs is 1. The molecule has 2 aromatic rings. The molecule has 1 N–H and O–H groups in total. The minimum Gasteiger partial charge on any atom is -0.453 e. The molecule has 0 saturated carbocycles. The molecule has 3 rings (SSSR count). The van der Waals surface area contributed by atoms with Crippen LogP contribution >= 0.6 is 0 Å². The topological polar surface area (TPSA) is 92.8 Å². The predicted octanol–water partition coefficient (Wildman–Crippen LogP) is 3.20. The summed E-state index contributed by atoms with van der Waals surface area (Å²) in [5.74, 6) is -0.668. The van der Waals surface area contributed by atoms with Gasteiger partial charge >= 0.3 is 5.97 Å². The molecular weight excluding hydrogens is 404 g/mol. The average Bonchev–Trinajstić information content (AvgIpc) is 3.04. The van der Waals surface area contributed by atoms with Gasteiger partial charge in [0.25, 0.3) is 0 Å². The van der Waals surface area contributed by atoms with E-state index in [0.717, 1.165) is 11.1 Å². The average molecular weight is 431 g/mol. The molecule has 0 saturated heterocycles. The monoisotopic (exact) mass is 430 g/mol. The number of nitrogens with one attached hydrogen (secondary N) is 1. The highest BCUT2D eigenvalue weighted by atomic mass is 32.2. The van der Waals surface area contributed by atoms with Crippen LogP contribution < -0.4 is 5.32 Å². The lowest BCUT2D eigenvalue weighted by molar-refractivity contribution is -0.123. The number of ether oxygens (including phenoxy) is 1. The fourth-order valence-electron chi connectivity index (χ4n) is 3.56. The Morgan fingerprint density at radius 1 is 1.10 bits per heavy atom. The molecule has 0 aromatic heterocycles. The molecule has 0 aliphatic carbocycles. The highest BCUT2D eigenvalue weighted by Crippen LogP contribution is 2.32. The van der Waals surface area contributed by atoms with E-state index >= 15 is 0 Å². The quantitative estimate of drug-likeness (QED) is 0.649. The van der Waals surface area contributed by atoms with Crippen molar-refractivity contribution in [2.24, 2.45) is 0 Å². The maximum Gasteiger partial charge on any atom is 0.339 e. The second-order valence-corrected chi connectivity index (χ2v) is 9.07. The Kier molecular flexibility index (Phi) is 6.58. The number of benzene rings is 2. The molecule has 30 heavy (non-hydrogen) atoms. The van der Waals surface area contributed by atoms with Crippen LogP contribution in [-0.4, -0.2) is 37.7 Å². The summed E-state index contributed by atoms with van der Waals surface area (Å²) < 4.78 is 31.9. The number of esters is 1. The van der Waals surface area contributed by atoms with Crippen LogP contribution in [-0.2, 0) is 19.6 Å². The first-order valence-corrected chi connectivity index (χ1v) is 11.4. The van der Waals surface area contributed by atoms with Crippen LogP contribution in [0.1, 0.15) is 60.8 Å². The van der Waals surface area contributed by atoms with E-state index in [0.29, 0.717) is 18.7 Å². The molecule has 0 fully saturated rings. The lowest BCUT2D eigenvalue weighted by Crippen LogP contribution is -2.30. The summed E-state index contributed by atoms with van der Waals surface area (Å²) in [4.78, 5) is 24.6. The number of sulfonamides is 1. The van der Waals surface area contributed by atoms with E-state index in [2.05, 4.69) is 5.32 Å². The van der Waals surface area contributed by atoms with Gasteiger partial charge < -0.3 is 10.1 Å². The fraction of sp³-hybridized carbons (Fsp3) is 0.364. The van der Waals surface area contributed by atoms with Crippen molar-refractivity contribution < 1.29 is 22.7 Å². The zero-order chi connectivity index (χ0) is 21.9. The second-order valence-electron chi connectivity index (χ2n) is 7.13. The molecule has 0 spiro atoms. The predicted molar refractivity (Wildman–Crippen MR) is 112 cm³/mol. The SMILES string of the molecule is CCN(CC)S(=O)(=O)c1ccc([C@@H](C)NC(=O)C[C@@H]2OC(=O)c3ccccc32)cc1. The Bertz CT molecular complexity index is 1030. The van der Waals surface area contributed by atoms with E-state index in [1.165, 1.54) is 4.31 Å². The Balaban J connectivity index is 1.64. The van der Waals surface area contributed by atoms with Gasteiger partial charge in [0.1, 0.15) is 6.10 Å². The van der Waals surface area contributed by atoms with Gasteiger partial charge in [0.05, 0.1) is 22.9 Å². The summed E-state index contributed by atoms with van der Waals surface area (Å²) in [6, 6.07) is 13.2. The number of hydrogen-bond acceptors (Lipinski definition) is 5. The normalized spacial score (nSPS) is 16.8. The Hall–Kier alpha value is -2.71. The van der Waals surface area contributed by atoms with Crippen LogP contribution in [0.3, 0.4) is 0 Å². The summed E-state index contributed by atoms with van der Waals surface area (Å²) in [6.45, 7) is 6.23. The highest BCUT2D eigenvalue weighted by molar-refractivity contribution is 7.89. The van der Waals surface area contributed by atoms with Gasteiger partial charge in [0.2, 0.25) is 15.9 Å². The third kappa shape index (κ3) is 4.39. The van der Waals surface area contributed by atoms with Crippen molar-refractivity contribution >= 4 is 21.9 Å². The van der Waals surface area contributed by atoms with Gasteiger partial charge in [-0.15, -0.1) is 0 Å². The molecule has 7 nitrogen and oxygen atoms in total. The summed E-state index contributed by atoms with van der Waals surface area (Å²) in [5, 5.41) is 2.88. The standard InChI is InChI=1S/C22H26N2O5S/c1-4-24(5-2)30(27,28)17-12-10-16(11-13-17)15(3)23-21(25)14-20-18-8-6-7-9-19(18)22(26)29-20/h6-13,15,20H,4-5,14H2,1-3H3,(H,23,25)/t15-,20+/m1/s1. The van der Waals surface area contributed by atoms with Crippen molar-refractivity contribution in [3.63, 3.8) is 0 Å². The van der Waals surface area contributed by atoms with Crippen LogP contribution in [0.25, 0.3) is 0 Å². The van der Waals surface area contributed by atoms with Crippen LogP contribution in [0.15, 0.2) is 53.4 Å². The number of cyclic esters (lactones) is 1. The smallest absolute Gasteiger partial charge is 0.339 e. The number of carbonyl (C=O) groups is 2. The van der Waals surface area contributed by atoms with Crippen LogP contribution in [0, 0.1) is 0 Å². The molecule has 1 heterocycles. The van der Waals surface area contributed by atoms with Crippen molar-refractivity contribution in [1.82, 2.24) is 9.62 Å². The van der Waals surface area contributed by atoms with Crippen LogP contribution in [0.2, 0.25) is 0 Å². The first-order valence-electron chi connectivity index (χ1n) is 9.97. The van der Waals surface area contributed by atoms with Gasteiger partial charge in [-0.2, -0.15) is 4.31 Å². The van der Waals surface area contributed by atoms with Gasteiger partial charge in [0, 0.05) is 18.7 Å². The second kappa shape index (κ2) is 8.97. The number of rotatable bonds is 8. The summed E-state index contributed by atoms with van der Waals surface area (Å²) in [6.07, 6.45) is -0.566. The van der Waals surface area contributed by atoms with Crippen LogP contribution in [0.5, 0.6) is 0 Å². The van der Waals surface area contributed by atoms with Gasteiger partial charge in [-0.05, 0) is 30.7 Å². The molecule has 160 valence electrons. The summed E-state index contributed by atoms with van der Waals surface area (Å²) >= 11 is 0. The van der Waals surface area contributed by atoms with E-state index in [1.807, 2.05) is 13.0 Å². The van der Waals surface area contributed by atoms with Crippen molar-refractivity contribution in [2.75, 3.05) is 13.1 Å². The molecule has 0 unspecified atom stereocenters. The van der Waals surface area contributed by atoms with Crippen molar-refractivity contribution in [2.45, 2.75) is 44.2 Å². The molecule has 0 bridgehead atoms. The summed E-state index contributed by atoms with van der Waals surface area (Å²) in [5.41, 5.74) is 2.00. The van der Waals surface area contributed by atoms with E-state index in [4.69, 9.17) is 4.74 Å². The number of amides is 1. The Morgan fingerprint density at radius 3 is 2.37 bits per heavy atom. The van der Waals surface area contributed by atoms with Gasteiger partial charge in [0.15, 0.2) is 0 Å². The summed E-state index contributed by atoms with van der Waals surface area (Å²) in [7, 11) is -3.52. The van der Waals surface area contributed by atoms with Gasteiger partial charge in [-0.3, -0.25) is 4.79 Å². The lowest BCUT2D eigenvalue weighted by atomic mass is 10.0. The van der Waals surface area contributed by atoms with E-state index in [1.54, 1.807) is 56.3 Å². The molecule has 1 amide bonds. The van der Waals surface area contributed by atoms with Crippen LogP contribution in [0.4, 0.5) is 0 Å². The van der Waals surface area contributed by atoms with Gasteiger partial charge in [-0.25, -0.2) is 13.2 Å². The zero-order valence-corrected chi connectivity index (χ0v) is 18.1. The number of carbonyl (C=O) groups excluding carboxylic acids is 2. The molecular formula is C22H26N2O5S. The molecule has 1 aliphatic heterocycles. The molecule has 2 atom stereocenters. The van der Waals surface area contributed by atoms with E-state index < -0.39 is 22.1 Å². The maximum atomic E-state index is 12.6. The fourth-order valence-corrected chi connectivity index (χ4v) is 5.02. The highest BCUT2D eigenvalue weighted by Gasteiger charge is 2.32. The Labute approximate surface area is 177 Å². The minimum atomic E-state index is -3.52. The third-order valence-electron chi connectivity index (χ3n) is 5.25. The van der Waals surface area contributed by atoms with Gasteiger partial charge in [-0.1, -0.05) is 44.2 Å². The molecule has 1 aliphatic rings. The van der Waals surface area contributed by atoms with Crippen molar-refractivity contribution in [1.29, 1.82) is 0 Å². The van der Waals surface area contributed by atoms with E-state index in [-0.39, 0.29) is 23.3 Å². The minimum absolute atomic E-state index is 0.0293. The van der Waals surface area contributed by atoms with E-state index in [9.17, 15) is 18.0 Å². The molecule has 0 radical (unpaired) electrons. The van der Waals surface area contributed by atoms with Crippen molar-refractivity contribution in [3.8, 4) is 0 Å². The number of nitrogens with zero attached hydrogens (tertiary/aromatic N) is 1. The van der Waals surface area contributed by atoms with Crippen molar-refractivity contribution in [3.05, 3.63) is 65.2 Å². The first-order chi connectivity index (χ1) is 14.3. The zero-order valence-electron chi connectivity index (χ0n) is 17.3. The first kappa shape index (κ1) is 22.0. The molecule has 2 aromatic carbocycles. The molecule has 8 heteroatoms. The number of hydrogen-bond donors (Lipinski definition) is 1. The Morgan fingerprint density at radius 2 is 1.73 bits per heavy atom. The maximum absolute atomic E-state index is 12.6.